The number of benzene rings is 3. The molecule has 0 bridgehead atoms. The Kier molecular flexibility index (Phi) is 8.24. The summed E-state index contributed by atoms with van der Waals surface area (Å²) in [6.45, 7) is 6.52. The fraction of sp³-hybridized carbons (Fsp3) is 0.233. The monoisotopic (exact) mass is 559 g/mol. The molecule has 4 aromatic rings. The fourth-order valence-corrected chi connectivity index (χ4v) is 5.62. The van der Waals surface area contributed by atoms with E-state index in [1.807, 2.05) is 86.6 Å². The van der Waals surface area contributed by atoms with Crippen molar-refractivity contribution in [3.05, 3.63) is 106 Å². The van der Waals surface area contributed by atoms with Crippen molar-refractivity contribution in [1.82, 2.24) is 14.8 Å². The lowest BCUT2D eigenvalue weighted by Gasteiger charge is -2.29. The minimum Gasteiger partial charge on any atom is -0.493 e. The molecule has 7 nitrogen and oxygen atoms in total. The van der Waals surface area contributed by atoms with Crippen molar-refractivity contribution in [3.63, 3.8) is 0 Å². The van der Waals surface area contributed by atoms with E-state index in [2.05, 4.69) is 17.6 Å². The van der Waals surface area contributed by atoms with E-state index in [9.17, 15) is 4.79 Å². The Morgan fingerprint density at radius 1 is 1.10 bits per heavy atom. The largest absolute Gasteiger partial charge is 0.493 e. The molecular formula is C30H30ClN5O2S. The second-order valence-corrected chi connectivity index (χ2v) is 10.7. The zero-order valence-corrected chi connectivity index (χ0v) is 23.6. The molecule has 1 aromatic heterocycles. The zero-order valence-electron chi connectivity index (χ0n) is 22.1. The number of thioether (sulfide) groups is 1. The number of aryl methyl sites for hydroxylation is 1. The number of hydrogen-bond donors (Lipinski definition) is 2. The molecule has 5 rings (SSSR count). The van der Waals surface area contributed by atoms with Gasteiger partial charge < -0.3 is 15.4 Å². The Balaban J connectivity index is 1.53. The summed E-state index contributed by atoms with van der Waals surface area (Å²) in [4.78, 5) is 18.6. The molecule has 3 aromatic carbocycles. The van der Waals surface area contributed by atoms with Gasteiger partial charge in [0.05, 0.1) is 12.2 Å². The van der Waals surface area contributed by atoms with Gasteiger partial charge in [0.2, 0.25) is 11.1 Å². The number of nitrogens with one attached hydrogen (secondary N) is 2. The molecule has 0 radical (unpaired) electrons. The summed E-state index contributed by atoms with van der Waals surface area (Å²) in [5, 5.41) is 12.5. The van der Waals surface area contributed by atoms with Crippen LogP contribution >= 0.6 is 23.4 Å². The summed E-state index contributed by atoms with van der Waals surface area (Å²) in [5.74, 6) is 1.69. The zero-order chi connectivity index (χ0) is 27.4. The molecule has 0 saturated heterocycles. The Bertz CT molecular complexity index is 1530. The van der Waals surface area contributed by atoms with E-state index in [1.165, 1.54) is 11.8 Å². The van der Waals surface area contributed by atoms with Crippen LogP contribution in [0.5, 0.6) is 5.75 Å². The molecule has 1 aliphatic rings. The Hall–Kier alpha value is -3.75. The highest BCUT2D eigenvalue weighted by molar-refractivity contribution is 7.98. The van der Waals surface area contributed by atoms with Gasteiger partial charge in [-0.2, -0.15) is 4.98 Å². The van der Waals surface area contributed by atoms with Crippen LogP contribution in [0.4, 0.5) is 11.6 Å². The first-order chi connectivity index (χ1) is 18.9. The second kappa shape index (κ2) is 12.0. The maximum Gasteiger partial charge on any atom is 0.255 e. The summed E-state index contributed by atoms with van der Waals surface area (Å²) >= 11 is 7.86. The number of carbonyl (C=O) groups is 1. The molecule has 9 heteroatoms. The van der Waals surface area contributed by atoms with Gasteiger partial charge in [0.25, 0.3) is 5.91 Å². The molecule has 39 heavy (non-hydrogen) atoms. The van der Waals surface area contributed by atoms with Gasteiger partial charge in [0.1, 0.15) is 11.8 Å². The van der Waals surface area contributed by atoms with Crippen molar-refractivity contribution in [2.24, 2.45) is 0 Å². The van der Waals surface area contributed by atoms with Crippen molar-refractivity contribution in [2.75, 3.05) is 17.2 Å². The number of rotatable bonds is 9. The number of ether oxygens (including phenoxy) is 1. The number of amides is 1. The fourth-order valence-electron chi connectivity index (χ4n) is 4.50. The summed E-state index contributed by atoms with van der Waals surface area (Å²) in [6, 6.07) is 22.8. The van der Waals surface area contributed by atoms with Gasteiger partial charge in [0, 0.05) is 27.7 Å². The van der Waals surface area contributed by atoms with Crippen LogP contribution in [0.25, 0.3) is 0 Å². The molecule has 2 N–H and O–H groups in total. The molecule has 1 amide bonds. The molecule has 0 fully saturated rings. The van der Waals surface area contributed by atoms with Crippen LogP contribution in [0, 0.1) is 6.92 Å². The Morgan fingerprint density at radius 2 is 1.90 bits per heavy atom. The van der Waals surface area contributed by atoms with E-state index < -0.39 is 6.04 Å². The van der Waals surface area contributed by atoms with Gasteiger partial charge in [-0.15, -0.1) is 5.10 Å². The maximum atomic E-state index is 13.8. The van der Waals surface area contributed by atoms with Gasteiger partial charge in [-0.3, -0.25) is 4.79 Å². The Morgan fingerprint density at radius 3 is 2.69 bits per heavy atom. The van der Waals surface area contributed by atoms with Crippen molar-refractivity contribution < 1.29 is 9.53 Å². The summed E-state index contributed by atoms with van der Waals surface area (Å²) in [6.07, 6.45) is 0.869. The molecule has 1 atom stereocenters. The summed E-state index contributed by atoms with van der Waals surface area (Å²) in [5.41, 5.74) is 4.90. The summed E-state index contributed by atoms with van der Waals surface area (Å²) in [7, 11) is 0. The van der Waals surface area contributed by atoms with Gasteiger partial charge in [-0.25, -0.2) is 4.68 Å². The summed E-state index contributed by atoms with van der Waals surface area (Å²) < 4.78 is 7.90. The smallest absolute Gasteiger partial charge is 0.255 e. The van der Waals surface area contributed by atoms with Crippen LogP contribution in [0.2, 0.25) is 5.02 Å². The lowest BCUT2D eigenvalue weighted by Crippen LogP contribution is -2.31. The molecule has 1 unspecified atom stereocenters. The molecule has 2 heterocycles. The van der Waals surface area contributed by atoms with E-state index in [0.29, 0.717) is 45.5 Å². The van der Waals surface area contributed by atoms with Crippen molar-refractivity contribution in [2.45, 2.75) is 44.1 Å². The minimum absolute atomic E-state index is 0.215. The van der Waals surface area contributed by atoms with E-state index in [0.717, 1.165) is 28.8 Å². The lowest BCUT2D eigenvalue weighted by molar-refractivity contribution is -0.113. The van der Waals surface area contributed by atoms with E-state index >= 15 is 0 Å². The first kappa shape index (κ1) is 26.8. The predicted molar refractivity (Wildman–Crippen MR) is 158 cm³/mol. The highest BCUT2D eigenvalue weighted by Gasteiger charge is 2.36. The van der Waals surface area contributed by atoms with Crippen molar-refractivity contribution in [1.29, 1.82) is 0 Å². The Labute approximate surface area is 237 Å². The standard InChI is InChI=1S/C30H30ClN5O2S/c1-4-16-38-25-15-8-6-13-23(25)27-26(28(37)33-22-12-9-10-19(2)17-22)20(3)32-29-34-30(35-36(27)29)39-18-21-11-5-7-14-24(21)31/h5-15,17,27H,4,16,18H2,1-3H3,(H,33,37)(H,32,34,35). The van der Waals surface area contributed by atoms with Crippen LogP contribution in [-0.2, 0) is 10.5 Å². The minimum atomic E-state index is -0.540. The third-order valence-electron chi connectivity index (χ3n) is 6.34. The number of fused-ring (bicyclic) bond motifs is 1. The average molecular weight is 560 g/mol. The number of aromatic nitrogens is 3. The topological polar surface area (TPSA) is 81.1 Å². The number of carbonyl (C=O) groups excluding carboxylic acids is 1. The molecule has 0 spiro atoms. The number of hydrogen-bond acceptors (Lipinski definition) is 6. The molecule has 200 valence electrons. The number of nitrogens with zero attached hydrogens (tertiary/aromatic N) is 3. The van der Waals surface area contributed by atoms with Gasteiger partial charge in [-0.05, 0) is 55.7 Å². The first-order valence-corrected chi connectivity index (χ1v) is 14.2. The van der Waals surface area contributed by atoms with Gasteiger partial charge >= 0.3 is 0 Å². The SMILES string of the molecule is CCCOc1ccccc1C1C(C(=O)Nc2cccc(C)c2)=C(C)Nc2nc(SCc3ccccc3Cl)nn21. The molecular weight excluding hydrogens is 530 g/mol. The van der Waals surface area contributed by atoms with Gasteiger partial charge in [-0.1, -0.05) is 78.8 Å². The third-order valence-corrected chi connectivity index (χ3v) is 7.60. The molecule has 1 aliphatic heterocycles. The maximum absolute atomic E-state index is 13.8. The highest BCUT2D eigenvalue weighted by atomic mass is 35.5. The van der Waals surface area contributed by atoms with E-state index in [1.54, 1.807) is 4.68 Å². The van der Waals surface area contributed by atoms with Crippen LogP contribution in [0.3, 0.4) is 0 Å². The number of anilines is 2. The van der Waals surface area contributed by atoms with Crippen molar-refractivity contribution >= 4 is 40.9 Å². The predicted octanol–water partition coefficient (Wildman–Crippen LogP) is 7.25. The van der Waals surface area contributed by atoms with Crippen LogP contribution in [-0.4, -0.2) is 27.3 Å². The molecule has 0 aliphatic carbocycles. The normalized spacial score (nSPS) is 14.5. The second-order valence-electron chi connectivity index (χ2n) is 9.32. The number of para-hydroxylation sites is 1. The third kappa shape index (κ3) is 5.97. The van der Waals surface area contributed by atoms with Crippen LogP contribution < -0.4 is 15.4 Å². The van der Waals surface area contributed by atoms with E-state index in [4.69, 9.17) is 26.4 Å². The average Bonchev–Trinajstić information content (AvgIpc) is 3.33. The first-order valence-electron chi connectivity index (χ1n) is 12.8. The lowest BCUT2D eigenvalue weighted by atomic mass is 9.94. The number of halogens is 1. The van der Waals surface area contributed by atoms with Crippen LogP contribution in [0.15, 0.2) is 89.2 Å². The van der Waals surface area contributed by atoms with E-state index in [-0.39, 0.29) is 5.91 Å². The quantitative estimate of drug-likeness (QED) is 0.210. The van der Waals surface area contributed by atoms with Crippen molar-refractivity contribution in [3.8, 4) is 5.75 Å². The van der Waals surface area contributed by atoms with Crippen LogP contribution in [0.1, 0.15) is 43.0 Å². The number of allylic oxidation sites excluding steroid dienone is 1. The van der Waals surface area contributed by atoms with Gasteiger partial charge in [0.15, 0.2) is 0 Å². The highest BCUT2D eigenvalue weighted by Crippen LogP contribution is 2.40. The molecule has 0 saturated carbocycles.